The Labute approximate surface area is 153 Å². The Kier molecular flexibility index (Phi) is 6.61. The molecule has 0 heterocycles. The van der Waals surface area contributed by atoms with Crippen LogP contribution in [0.1, 0.15) is 45.6 Å². The number of Topliss-reactive ketones (excluding diaryl/α,β-unsaturated/α-hetero) is 2. The molecule has 0 spiro atoms. The molecule has 0 bridgehead atoms. The Morgan fingerprint density at radius 2 is 1.62 bits per heavy atom. The summed E-state index contributed by atoms with van der Waals surface area (Å²) < 4.78 is 13.5. The molecular weight excluding hydrogens is 333 g/mol. The minimum Gasteiger partial charge on any atom is -0.356 e. The number of halogens is 1. The molecule has 1 aromatic carbocycles. The maximum Gasteiger partial charge on any atom is 0.220 e. The normalized spacial score (nSPS) is 14.9. The van der Waals surface area contributed by atoms with E-state index in [0.717, 1.165) is 0 Å². The van der Waals surface area contributed by atoms with Crippen molar-refractivity contribution in [2.45, 2.75) is 46.5 Å². The fourth-order valence-electron chi connectivity index (χ4n) is 3.01. The Morgan fingerprint density at radius 3 is 2.31 bits per heavy atom. The Hall–Kier alpha value is -2.56. The van der Waals surface area contributed by atoms with Crippen LogP contribution in [0.25, 0.3) is 0 Å². The fraction of sp³-hybridized carbons (Fsp3) is 0.381. The number of ketones is 2. The summed E-state index contributed by atoms with van der Waals surface area (Å²) in [5, 5.41) is 2.76. The number of hydrogen-bond donors (Lipinski definition) is 1. The van der Waals surface area contributed by atoms with E-state index in [-0.39, 0.29) is 29.7 Å². The van der Waals surface area contributed by atoms with Gasteiger partial charge in [-0.1, -0.05) is 18.2 Å². The standard InChI is InChI=1S/C21H24FNO3/c1-13-14(2)21(26)17(15(3)20(13)25)8-6-10-19(24)23-12-11-16-7-4-5-9-18(16)22/h4-5,7,9H,6,8,10-12H2,1-3H3,(H,23,24). The van der Waals surface area contributed by atoms with Crippen LogP contribution in [0.5, 0.6) is 0 Å². The lowest BCUT2D eigenvalue weighted by Crippen LogP contribution is -2.26. The lowest BCUT2D eigenvalue weighted by atomic mass is 9.84. The highest BCUT2D eigenvalue weighted by Crippen LogP contribution is 2.27. The average Bonchev–Trinajstić information content (AvgIpc) is 2.63. The highest BCUT2D eigenvalue weighted by Gasteiger charge is 2.27. The molecule has 1 aliphatic carbocycles. The van der Waals surface area contributed by atoms with Crippen LogP contribution < -0.4 is 5.32 Å². The monoisotopic (exact) mass is 357 g/mol. The number of carbonyl (C=O) groups excluding carboxylic acids is 3. The van der Waals surface area contributed by atoms with Crippen LogP contribution in [-0.2, 0) is 20.8 Å². The third-order valence-corrected chi connectivity index (χ3v) is 4.82. The van der Waals surface area contributed by atoms with E-state index >= 15 is 0 Å². The zero-order chi connectivity index (χ0) is 19.3. The molecule has 5 heteroatoms. The highest BCUT2D eigenvalue weighted by atomic mass is 19.1. The van der Waals surface area contributed by atoms with Gasteiger partial charge in [0.2, 0.25) is 5.91 Å². The third kappa shape index (κ3) is 4.54. The van der Waals surface area contributed by atoms with Gasteiger partial charge in [0.15, 0.2) is 11.6 Å². The zero-order valence-electron chi connectivity index (χ0n) is 15.4. The molecule has 2 rings (SSSR count). The van der Waals surface area contributed by atoms with E-state index in [0.29, 0.717) is 53.7 Å². The number of nitrogens with one attached hydrogen (secondary N) is 1. The van der Waals surface area contributed by atoms with E-state index in [4.69, 9.17) is 0 Å². The second-order valence-electron chi connectivity index (χ2n) is 6.56. The van der Waals surface area contributed by atoms with E-state index in [2.05, 4.69) is 5.32 Å². The van der Waals surface area contributed by atoms with Crippen LogP contribution in [0.15, 0.2) is 46.6 Å². The van der Waals surface area contributed by atoms with Crippen LogP contribution in [0.3, 0.4) is 0 Å². The first-order valence-corrected chi connectivity index (χ1v) is 8.79. The molecule has 1 aliphatic rings. The molecule has 0 fully saturated rings. The van der Waals surface area contributed by atoms with Crippen molar-refractivity contribution in [1.82, 2.24) is 5.32 Å². The van der Waals surface area contributed by atoms with Crippen molar-refractivity contribution in [3.63, 3.8) is 0 Å². The average molecular weight is 357 g/mol. The summed E-state index contributed by atoms with van der Waals surface area (Å²) in [6, 6.07) is 6.48. The molecule has 26 heavy (non-hydrogen) atoms. The van der Waals surface area contributed by atoms with Gasteiger partial charge in [-0.25, -0.2) is 4.39 Å². The van der Waals surface area contributed by atoms with Crippen molar-refractivity contribution in [2.75, 3.05) is 6.54 Å². The quantitative estimate of drug-likeness (QED) is 0.760. The Bertz CT molecular complexity index is 805. The van der Waals surface area contributed by atoms with Gasteiger partial charge in [-0.2, -0.15) is 0 Å². The van der Waals surface area contributed by atoms with Crippen LogP contribution in [0.4, 0.5) is 4.39 Å². The van der Waals surface area contributed by atoms with Gasteiger partial charge < -0.3 is 5.32 Å². The second kappa shape index (κ2) is 8.70. The van der Waals surface area contributed by atoms with Crippen molar-refractivity contribution in [3.8, 4) is 0 Å². The number of carbonyl (C=O) groups is 3. The molecule has 138 valence electrons. The first kappa shape index (κ1) is 19.8. The van der Waals surface area contributed by atoms with E-state index in [1.165, 1.54) is 6.07 Å². The van der Waals surface area contributed by atoms with Crippen molar-refractivity contribution in [2.24, 2.45) is 0 Å². The summed E-state index contributed by atoms with van der Waals surface area (Å²) in [6.07, 6.45) is 1.58. The zero-order valence-corrected chi connectivity index (χ0v) is 15.4. The van der Waals surface area contributed by atoms with Crippen LogP contribution in [0.2, 0.25) is 0 Å². The maximum absolute atomic E-state index is 13.5. The van der Waals surface area contributed by atoms with Crippen molar-refractivity contribution >= 4 is 17.5 Å². The molecule has 0 unspecified atom stereocenters. The minimum absolute atomic E-state index is 0.0913. The van der Waals surface area contributed by atoms with E-state index in [1.54, 1.807) is 39.0 Å². The topological polar surface area (TPSA) is 63.2 Å². The van der Waals surface area contributed by atoms with Gasteiger partial charge >= 0.3 is 0 Å². The smallest absolute Gasteiger partial charge is 0.220 e. The molecule has 0 saturated heterocycles. The second-order valence-corrected chi connectivity index (χ2v) is 6.56. The lowest BCUT2D eigenvalue weighted by Gasteiger charge is -2.18. The fourth-order valence-corrected chi connectivity index (χ4v) is 3.01. The summed E-state index contributed by atoms with van der Waals surface area (Å²) in [5.41, 5.74) is 2.56. The molecular formula is C21H24FNO3. The number of hydrogen-bond acceptors (Lipinski definition) is 3. The van der Waals surface area contributed by atoms with E-state index in [1.807, 2.05) is 0 Å². The first-order chi connectivity index (χ1) is 12.3. The van der Waals surface area contributed by atoms with Crippen LogP contribution in [-0.4, -0.2) is 24.0 Å². The van der Waals surface area contributed by atoms with Crippen molar-refractivity contribution in [3.05, 3.63) is 57.9 Å². The van der Waals surface area contributed by atoms with E-state index < -0.39 is 0 Å². The van der Waals surface area contributed by atoms with Gasteiger partial charge in [0, 0.05) is 35.3 Å². The summed E-state index contributed by atoms with van der Waals surface area (Å²) in [6.45, 7) is 5.36. The lowest BCUT2D eigenvalue weighted by molar-refractivity contribution is -0.121. The molecule has 1 amide bonds. The molecule has 4 nitrogen and oxygen atoms in total. The largest absolute Gasteiger partial charge is 0.356 e. The molecule has 0 atom stereocenters. The first-order valence-electron chi connectivity index (χ1n) is 8.79. The Morgan fingerprint density at radius 1 is 0.962 bits per heavy atom. The van der Waals surface area contributed by atoms with Crippen LogP contribution >= 0.6 is 0 Å². The summed E-state index contributed by atoms with van der Waals surface area (Å²) in [4.78, 5) is 36.4. The van der Waals surface area contributed by atoms with Crippen molar-refractivity contribution in [1.29, 1.82) is 0 Å². The van der Waals surface area contributed by atoms with Gasteiger partial charge in [0.25, 0.3) is 0 Å². The molecule has 1 N–H and O–H groups in total. The third-order valence-electron chi connectivity index (χ3n) is 4.82. The van der Waals surface area contributed by atoms with Gasteiger partial charge in [-0.15, -0.1) is 0 Å². The van der Waals surface area contributed by atoms with Crippen LogP contribution in [0, 0.1) is 5.82 Å². The molecule has 0 saturated carbocycles. The number of rotatable bonds is 7. The maximum atomic E-state index is 13.5. The predicted molar refractivity (Wildman–Crippen MR) is 98.1 cm³/mol. The SMILES string of the molecule is CC1=C(C)C(=O)C(CCCC(=O)NCCc2ccccc2F)=C(C)C1=O. The summed E-state index contributed by atoms with van der Waals surface area (Å²) in [7, 11) is 0. The molecule has 1 aromatic rings. The van der Waals surface area contributed by atoms with Gasteiger partial charge in [0.1, 0.15) is 5.82 Å². The Balaban J connectivity index is 1.79. The summed E-state index contributed by atoms with van der Waals surface area (Å²) >= 11 is 0. The highest BCUT2D eigenvalue weighted by molar-refractivity contribution is 6.24. The van der Waals surface area contributed by atoms with Gasteiger partial charge in [-0.3, -0.25) is 14.4 Å². The number of amides is 1. The minimum atomic E-state index is -0.275. The molecule has 0 aliphatic heterocycles. The predicted octanol–water partition coefficient (Wildman–Crippen LogP) is 3.46. The molecule has 0 aromatic heterocycles. The molecule has 0 radical (unpaired) electrons. The summed E-state index contributed by atoms with van der Waals surface area (Å²) in [5.74, 6) is -0.605. The van der Waals surface area contributed by atoms with Gasteiger partial charge in [0.05, 0.1) is 0 Å². The van der Waals surface area contributed by atoms with Gasteiger partial charge in [-0.05, 0) is 51.7 Å². The van der Waals surface area contributed by atoms with Crippen molar-refractivity contribution < 1.29 is 18.8 Å². The number of benzene rings is 1. The number of allylic oxidation sites excluding steroid dienone is 4. The van der Waals surface area contributed by atoms with E-state index in [9.17, 15) is 18.8 Å².